The first-order valence-electron chi connectivity index (χ1n) is 6.63. The Hall–Kier alpha value is -1.62. The van der Waals surface area contributed by atoms with Gasteiger partial charge in [0, 0.05) is 36.2 Å². The van der Waals surface area contributed by atoms with E-state index in [1.165, 1.54) is 6.07 Å². The summed E-state index contributed by atoms with van der Waals surface area (Å²) in [6, 6.07) is 4.64. The monoisotopic (exact) mass is 296 g/mol. The van der Waals surface area contributed by atoms with Crippen LogP contribution in [0.1, 0.15) is 28.8 Å². The number of amides is 1. The zero-order chi connectivity index (χ0) is 14.7. The second-order valence-corrected chi connectivity index (χ2v) is 5.47. The van der Waals surface area contributed by atoms with Gasteiger partial charge in [-0.05, 0) is 31.7 Å². The summed E-state index contributed by atoms with van der Waals surface area (Å²) < 4.78 is 0. The van der Waals surface area contributed by atoms with E-state index in [2.05, 4.69) is 0 Å². The molecule has 0 spiro atoms. The van der Waals surface area contributed by atoms with Crippen LogP contribution < -0.4 is 0 Å². The van der Waals surface area contributed by atoms with E-state index >= 15 is 0 Å². The molecule has 108 valence electrons. The van der Waals surface area contributed by atoms with Crippen LogP contribution in [0, 0.1) is 23.0 Å². The van der Waals surface area contributed by atoms with Crippen LogP contribution in [0.15, 0.2) is 18.2 Å². The average molecular weight is 297 g/mol. The van der Waals surface area contributed by atoms with Crippen LogP contribution >= 0.6 is 11.6 Å². The number of carbonyl (C=O) groups excluding carboxylic acids is 1. The van der Waals surface area contributed by atoms with E-state index in [0.717, 1.165) is 12.8 Å². The van der Waals surface area contributed by atoms with Crippen LogP contribution in [-0.2, 0) is 0 Å². The molecule has 0 bridgehead atoms. The second-order valence-electron chi connectivity index (χ2n) is 5.09. The molecule has 1 atom stereocenters. The first kappa shape index (κ1) is 14.8. The lowest BCUT2D eigenvalue weighted by molar-refractivity contribution is -0.385. The van der Waals surface area contributed by atoms with Gasteiger partial charge in [-0.3, -0.25) is 14.9 Å². The third-order valence-corrected chi connectivity index (χ3v) is 4.04. The first-order valence-corrected chi connectivity index (χ1v) is 7.17. The first-order chi connectivity index (χ1) is 9.54. The van der Waals surface area contributed by atoms with Crippen LogP contribution in [0.3, 0.4) is 0 Å². The fourth-order valence-corrected chi connectivity index (χ4v) is 2.94. The number of hydrogen-bond donors (Lipinski definition) is 0. The minimum absolute atomic E-state index is 0.00708. The standard InChI is InChI=1S/C14H17ClN2O3/c1-10-12(3-2-4-13(10)17(19)20)14(18)16-8-6-11(9-16)5-7-15/h2-4,11H,5-9H2,1H3. The Balaban J connectivity index is 2.18. The van der Waals surface area contributed by atoms with Crippen molar-refractivity contribution in [3.63, 3.8) is 0 Å². The highest BCUT2D eigenvalue weighted by Gasteiger charge is 2.28. The van der Waals surface area contributed by atoms with Crippen molar-refractivity contribution in [2.24, 2.45) is 5.92 Å². The van der Waals surface area contributed by atoms with Gasteiger partial charge in [0.1, 0.15) is 0 Å². The maximum absolute atomic E-state index is 12.5. The number of benzene rings is 1. The summed E-state index contributed by atoms with van der Waals surface area (Å²) in [6.45, 7) is 3.01. The molecule has 1 fully saturated rings. The molecule has 0 aliphatic carbocycles. The van der Waals surface area contributed by atoms with Crippen molar-refractivity contribution in [1.82, 2.24) is 4.90 Å². The van der Waals surface area contributed by atoms with Crippen LogP contribution in [0.25, 0.3) is 0 Å². The van der Waals surface area contributed by atoms with Gasteiger partial charge in [-0.15, -0.1) is 11.6 Å². The molecule has 2 rings (SSSR count). The van der Waals surface area contributed by atoms with Gasteiger partial charge in [0.15, 0.2) is 0 Å². The Bertz CT molecular complexity index is 533. The molecule has 0 saturated carbocycles. The molecule has 1 aliphatic rings. The summed E-state index contributed by atoms with van der Waals surface area (Å²) in [5.74, 6) is 0.918. The van der Waals surface area contributed by atoms with Gasteiger partial charge < -0.3 is 4.90 Å². The van der Waals surface area contributed by atoms with Crippen molar-refractivity contribution < 1.29 is 9.72 Å². The number of carbonyl (C=O) groups is 1. The van der Waals surface area contributed by atoms with E-state index in [0.29, 0.717) is 36.0 Å². The third-order valence-electron chi connectivity index (χ3n) is 3.82. The number of nitrogens with zero attached hydrogens (tertiary/aromatic N) is 2. The van der Waals surface area contributed by atoms with Crippen LogP contribution in [-0.4, -0.2) is 34.7 Å². The van der Waals surface area contributed by atoms with E-state index < -0.39 is 4.92 Å². The molecule has 0 N–H and O–H groups in total. The maximum Gasteiger partial charge on any atom is 0.273 e. The molecule has 1 heterocycles. The van der Waals surface area contributed by atoms with Crippen molar-refractivity contribution in [2.45, 2.75) is 19.8 Å². The number of rotatable bonds is 4. The summed E-state index contributed by atoms with van der Waals surface area (Å²) in [5, 5.41) is 10.9. The highest BCUT2D eigenvalue weighted by Crippen LogP contribution is 2.26. The largest absolute Gasteiger partial charge is 0.338 e. The molecular weight excluding hydrogens is 280 g/mol. The summed E-state index contributed by atoms with van der Waals surface area (Å²) in [5.41, 5.74) is 0.848. The SMILES string of the molecule is Cc1c(C(=O)N2CCC(CCCl)C2)cccc1[N+](=O)[O-]. The number of nitro groups is 1. The van der Waals surface area contributed by atoms with Gasteiger partial charge in [0.2, 0.25) is 0 Å². The maximum atomic E-state index is 12.5. The Kier molecular flexibility index (Phi) is 4.60. The molecule has 20 heavy (non-hydrogen) atoms. The van der Waals surface area contributed by atoms with E-state index in [-0.39, 0.29) is 11.6 Å². The number of halogens is 1. The molecule has 1 unspecified atom stereocenters. The Morgan fingerprint density at radius 1 is 1.55 bits per heavy atom. The molecule has 1 saturated heterocycles. The van der Waals surface area contributed by atoms with Crippen LogP contribution in [0.5, 0.6) is 0 Å². The van der Waals surface area contributed by atoms with E-state index in [4.69, 9.17) is 11.6 Å². The minimum atomic E-state index is -0.452. The van der Waals surface area contributed by atoms with E-state index in [1.54, 1.807) is 24.0 Å². The minimum Gasteiger partial charge on any atom is -0.338 e. The van der Waals surface area contributed by atoms with E-state index in [9.17, 15) is 14.9 Å². The predicted molar refractivity (Wildman–Crippen MR) is 77.2 cm³/mol. The number of likely N-dealkylation sites (tertiary alicyclic amines) is 1. The molecule has 0 aromatic heterocycles. The average Bonchev–Trinajstić information content (AvgIpc) is 2.87. The van der Waals surface area contributed by atoms with Crippen molar-refractivity contribution in [2.75, 3.05) is 19.0 Å². The predicted octanol–water partition coefficient (Wildman–Crippen LogP) is 2.99. The second kappa shape index (κ2) is 6.22. The van der Waals surface area contributed by atoms with Crippen molar-refractivity contribution in [3.8, 4) is 0 Å². The molecule has 1 aromatic carbocycles. The summed E-state index contributed by atoms with van der Waals surface area (Å²) >= 11 is 5.73. The van der Waals surface area contributed by atoms with Gasteiger partial charge in [0.25, 0.3) is 11.6 Å². The lowest BCUT2D eigenvalue weighted by atomic mass is 10.1. The highest BCUT2D eigenvalue weighted by atomic mass is 35.5. The lowest BCUT2D eigenvalue weighted by Gasteiger charge is -2.17. The molecule has 0 radical (unpaired) electrons. The summed E-state index contributed by atoms with van der Waals surface area (Å²) in [6.07, 6.45) is 1.85. The smallest absolute Gasteiger partial charge is 0.273 e. The van der Waals surface area contributed by atoms with Crippen molar-refractivity contribution in [3.05, 3.63) is 39.4 Å². The molecule has 1 amide bonds. The molecule has 5 nitrogen and oxygen atoms in total. The number of hydrogen-bond acceptors (Lipinski definition) is 3. The van der Waals surface area contributed by atoms with E-state index in [1.807, 2.05) is 0 Å². The quantitative estimate of drug-likeness (QED) is 0.487. The topological polar surface area (TPSA) is 63.5 Å². The van der Waals surface area contributed by atoms with Gasteiger partial charge >= 0.3 is 0 Å². The third kappa shape index (κ3) is 2.93. The fourth-order valence-electron chi connectivity index (χ4n) is 2.63. The molecule has 6 heteroatoms. The van der Waals surface area contributed by atoms with Gasteiger partial charge in [0.05, 0.1) is 4.92 Å². The molecule has 1 aromatic rings. The highest BCUT2D eigenvalue weighted by molar-refractivity contribution is 6.17. The van der Waals surface area contributed by atoms with Crippen LogP contribution in [0.2, 0.25) is 0 Å². The Morgan fingerprint density at radius 3 is 2.95 bits per heavy atom. The molecular formula is C14H17ClN2O3. The Morgan fingerprint density at radius 2 is 2.30 bits per heavy atom. The van der Waals surface area contributed by atoms with Gasteiger partial charge in [-0.25, -0.2) is 0 Å². The normalized spacial score (nSPS) is 18.3. The fraction of sp³-hybridized carbons (Fsp3) is 0.500. The Labute approximate surface area is 122 Å². The summed E-state index contributed by atoms with van der Waals surface area (Å²) in [7, 11) is 0. The zero-order valence-electron chi connectivity index (χ0n) is 11.3. The number of alkyl halides is 1. The lowest BCUT2D eigenvalue weighted by Crippen LogP contribution is -2.29. The van der Waals surface area contributed by atoms with Gasteiger partial charge in [-0.1, -0.05) is 6.07 Å². The van der Waals surface area contributed by atoms with Crippen molar-refractivity contribution >= 4 is 23.2 Å². The van der Waals surface area contributed by atoms with Crippen molar-refractivity contribution in [1.29, 1.82) is 0 Å². The number of nitro benzene ring substituents is 1. The summed E-state index contributed by atoms with van der Waals surface area (Å²) in [4.78, 5) is 24.7. The molecule has 1 aliphatic heterocycles. The van der Waals surface area contributed by atoms with Gasteiger partial charge in [-0.2, -0.15) is 0 Å². The van der Waals surface area contributed by atoms with Crippen LogP contribution in [0.4, 0.5) is 5.69 Å². The zero-order valence-corrected chi connectivity index (χ0v) is 12.1.